The minimum Gasteiger partial charge on any atom is -0.507 e. The maximum absolute atomic E-state index is 12.2. The van der Waals surface area contributed by atoms with Crippen molar-refractivity contribution in [3.05, 3.63) is 22.6 Å². The van der Waals surface area contributed by atoms with Gasteiger partial charge in [-0.05, 0) is 12.2 Å². The summed E-state index contributed by atoms with van der Waals surface area (Å²) in [5, 5.41) is 11.0. The van der Waals surface area contributed by atoms with Gasteiger partial charge < -0.3 is 5.11 Å². The van der Waals surface area contributed by atoms with Crippen LogP contribution in [-0.2, 0) is 6.54 Å². The topological polar surface area (TPSA) is 68.0 Å². The van der Waals surface area contributed by atoms with Gasteiger partial charge in [-0.25, -0.2) is 9.97 Å². The molecule has 0 aromatic carbocycles. The lowest BCUT2D eigenvalue weighted by Gasteiger charge is -2.16. The predicted molar refractivity (Wildman–Crippen MR) is 81.3 cm³/mol. The highest BCUT2D eigenvalue weighted by molar-refractivity contribution is 7.98. The molecule has 2 aromatic rings. The molecule has 0 fully saturated rings. The van der Waals surface area contributed by atoms with Crippen LogP contribution in [0.5, 0.6) is 5.75 Å². The number of pyridine rings is 1. The summed E-state index contributed by atoms with van der Waals surface area (Å²) in [6, 6.07) is 1.24. The fraction of sp³-hybridized carbons (Fsp3) is 0.500. The first-order chi connectivity index (χ1) is 9.60. The van der Waals surface area contributed by atoms with Gasteiger partial charge in [0.2, 0.25) is 0 Å². The summed E-state index contributed by atoms with van der Waals surface area (Å²) in [5.41, 5.74) is 0.300. The fourth-order valence-corrected chi connectivity index (χ4v) is 2.54. The third kappa shape index (κ3) is 2.80. The van der Waals surface area contributed by atoms with Crippen LogP contribution >= 0.6 is 11.8 Å². The fourth-order valence-electron chi connectivity index (χ4n) is 2.20. The van der Waals surface area contributed by atoms with Crippen LogP contribution < -0.4 is 5.56 Å². The van der Waals surface area contributed by atoms with E-state index in [1.807, 2.05) is 6.26 Å². The average Bonchev–Trinajstić information content (AvgIpc) is 2.46. The van der Waals surface area contributed by atoms with Crippen LogP contribution in [0.15, 0.2) is 22.2 Å². The molecule has 0 amide bonds. The Labute approximate surface area is 122 Å². The summed E-state index contributed by atoms with van der Waals surface area (Å²) in [7, 11) is 0. The third-order valence-corrected chi connectivity index (χ3v) is 4.14. The molecule has 2 aromatic heterocycles. The van der Waals surface area contributed by atoms with E-state index in [1.54, 1.807) is 10.8 Å². The summed E-state index contributed by atoms with van der Waals surface area (Å²) in [4.78, 5) is 20.7. The van der Waals surface area contributed by atoms with Crippen molar-refractivity contribution in [1.29, 1.82) is 0 Å². The lowest BCUT2D eigenvalue weighted by Crippen LogP contribution is -2.24. The molecule has 20 heavy (non-hydrogen) atoms. The van der Waals surface area contributed by atoms with Crippen LogP contribution in [-0.4, -0.2) is 25.9 Å². The molecule has 2 rings (SSSR count). The molecular weight excluding hydrogens is 274 g/mol. The van der Waals surface area contributed by atoms with Crippen LogP contribution in [0, 0.1) is 5.92 Å². The van der Waals surface area contributed by atoms with Crippen molar-refractivity contribution >= 4 is 22.8 Å². The first-order valence-corrected chi connectivity index (χ1v) is 7.96. The van der Waals surface area contributed by atoms with Gasteiger partial charge in [-0.3, -0.25) is 9.36 Å². The van der Waals surface area contributed by atoms with Gasteiger partial charge >= 0.3 is 0 Å². The zero-order valence-corrected chi connectivity index (χ0v) is 12.8. The van der Waals surface area contributed by atoms with E-state index in [4.69, 9.17) is 0 Å². The first kappa shape index (κ1) is 14.8. The van der Waals surface area contributed by atoms with Crippen LogP contribution in [0.4, 0.5) is 0 Å². The van der Waals surface area contributed by atoms with Crippen LogP contribution in [0.25, 0.3) is 11.0 Å². The smallest absolute Gasteiger partial charge is 0.255 e. The SMILES string of the molecule is CCC(CC)Cn1c(=O)cc(O)c2cnc(SC)nc21. The van der Waals surface area contributed by atoms with Crippen molar-refractivity contribution in [2.24, 2.45) is 5.92 Å². The van der Waals surface area contributed by atoms with Crippen LogP contribution in [0.2, 0.25) is 0 Å². The van der Waals surface area contributed by atoms with Crippen LogP contribution in [0.1, 0.15) is 26.7 Å². The molecule has 0 unspecified atom stereocenters. The van der Waals surface area contributed by atoms with Crippen molar-refractivity contribution in [3.63, 3.8) is 0 Å². The molecule has 0 bridgehead atoms. The highest BCUT2D eigenvalue weighted by atomic mass is 32.2. The van der Waals surface area contributed by atoms with Gasteiger partial charge in [-0.1, -0.05) is 38.5 Å². The molecule has 1 N–H and O–H groups in total. The van der Waals surface area contributed by atoms with Crippen molar-refractivity contribution in [3.8, 4) is 5.75 Å². The van der Waals surface area contributed by atoms with Crippen molar-refractivity contribution < 1.29 is 5.11 Å². The van der Waals surface area contributed by atoms with E-state index in [0.29, 0.717) is 28.7 Å². The first-order valence-electron chi connectivity index (χ1n) is 6.74. The van der Waals surface area contributed by atoms with E-state index in [9.17, 15) is 9.90 Å². The number of hydrogen-bond acceptors (Lipinski definition) is 5. The summed E-state index contributed by atoms with van der Waals surface area (Å²) >= 11 is 1.42. The number of nitrogens with zero attached hydrogens (tertiary/aromatic N) is 3. The van der Waals surface area contributed by atoms with Gasteiger partial charge in [-0.15, -0.1) is 0 Å². The molecule has 0 saturated heterocycles. The van der Waals surface area contributed by atoms with Gasteiger partial charge in [-0.2, -0.15) is 0 Å². The Kier molecular flexibility index (Phi) is 4.65. The number of rotatable bonds is 5. The monoisotopic (exact) mass is 293 g/mol. The van der Waals surface area contributed by atoms with E-state index in [1.165, 1.54) is 17.8 Å². The second-order valence-corrected chi connectivity index (χ2v) is 5.53. The minimum absolute atomic E-state index is 0.0570. The van der Waals surface area contributed by atoms with Crippen LogP contribution in [0.3, 0.4) is 0 Å². The molecule has 0 atom stereocenters. The lowest BCUT2D eigenvalue weighted by atomic mass is 10.0. The second kappa shape index (κ2) is 6.26. The number of aromatic hydroxyl groups is 1. The third-order valence-electron chi connectivity index (χ3n) is 3.58. The highest BCUT2D eigenvalue weighted by Crippen LogP contribution is 2.23. The Hall–Kier alpha value is -1.56. The predicted octanol–water partition coefficient (Wildman–Crippen LogP) is 2.66. The van der Waals surface area contributed by atoms with Gasteiger partial charge in [0.25, 0.3) is 5.56 Å². The Morgan fingerprint density at radius 1 is 1.40 bits per heavy atom. The molecule has 6 heteroatoms. The zero-order valence-electron chi connectivity index (χ0n) is 12.0. The highest BCUT2D eigenvalue weighted by Gasteiger charge is 2.14. The minimum atomic E-state index is -0.215. The molecule has 0 saturated carbocycles. The maximum Gasteiger partial charge on any atom is 0.255 e. The number of fused-ring (bicyclic) bond motifs is 1. The summed E-state index contributed by atoms with van der Waals surface area (Å²) < 4.78 is 1.65. The van der Waals surface area contributed by atoms with Gasteiger partial charge in [0, 0.05) is 18.8 Å². The van der Waals surface area contributed by atoms with Gasteiger partial charge in [0.15, 0.2) is 10.8 Å². The van der Waals surface area contributed by atoms with Crippen molar-refractivity contribution in [2.75, 3.05) is 6.26 Å². The summed E-state index contributed by atoms with van der Waals surface area (Å²) in [6.45, 7) is 4.85. The molecule has 0 aliphatic heterocycles. The molecule has 108 valence electrons. The molecule has 0 radical (unpaired) electrons. The Morgan fingerprint density at radius 2 is 2.10 bits per heavy atom. The summed E-state index contributed by atoms with van der Waals surface area (Å²) in [6.07, 6.45) is 5.47. The normalized spacial score (nSPS) is 11.4. The largest absolute Gasteiger partial charge is 0.507 e. The van der Waals surface area contributed by atoms with E-state index in [2.05, 4.69) is 23.8 Å². The summed E-state index contributed by atoms with van der Waals surface area (Å²) in [5.74, 6) is 0.367. The van der Waals surface area contributed by atoms with E-state index < -0.39 is 0 Å². The van der Waals surface area contributed by atoms with Crippen molar-refractivity contribution in [2.45, 2.75) is 38.4 Å². The molecule has 2 heterocycles. The van der Waals surface area contributed by atoms with Crippen molar-refractivity contribution in [1.82, 2.24) is 14.5 Å². The molecular formula is C14H19N3O2S. The average molecular weight is 293 g/mol. The molecule has 0 aliphatic rings. The Morgan fingerprint density at radius 3 is 2.70 bits per heavy atom. The Bertz CT molecular complexity index is 665. The van der Waals surface area contributed by atoms with E-state index in [-0.39, 0.29) is 11.3 Å². The van der Waals surface area contributed by atoms with Gasteiger partial charge in [0.05, 0.1) is 5.39 Å². The van der Waals surface area contributed by atoms with E-state index >= 15 is 0 Å². The molecule has 0 aliphatic carbocycles. The Balaban J connectivity index is 2.64. The number of hydrogen-bond donors (Lipinski definition) is 1. The van der Waals surface area contributed by atoms with E-state index in [0.717, 1.165) is 12.8 Å². The number of thioether (sulfide) groups is 1. The molecule has 0 spiro atoms. The van der Waals surface area contributed by atoms with Gasteiger partial charge in [0.1, 0.15) is 5.75 Å². The standard InChI is InChI=1S/C14H19N3O2S/c1-4-9(5-2)8-17-12(19)6-11(18)10-7-15-14(20-3)16-13(10)17/h6-7,9,18H,4-5,8H2,1-3H3. The lowest BCUT2D eigenvalue weighted by molar-refractivity contribution is 0.414. The second-order valence-electron chi connectivity index (χ2n) is 4.75. The quantitative estimate of drug-likeness (QED) is 0.678. The number of aromatic nitrogens is 3. The zero-order chi connectivity index (χ0) is 14.7. The maximum atomic E-state index is 12.2. The molecule has 5 nitrogen and oxygen atoms in total.